The number of likely N-dealkylation sites (tertiary alicyclic amines) is 1. The van der Waals surface area contributed by atoms with Gasteiger partial charge >= 0.3 is 6.09 Å². The van der Waals surface area contributed by atoms with Crippen molar-refractivity contribution in [3.63, 3.8) is 0 Å². The van der Waals surface area contributed by atoms with Gasteiger partial charge in [-0.15, -0.1) is 0 Å². The smallest absolute Gasteiger partial charge is 0.409 e. The van der Waals surface area contributed by atoms with E-state index in [1.807, 2.05) is 0 Å². The molecule has 0 saturated carbocycles. The van der Waals surface area contributed by atoms with Crippen molar-refractivity contribution >= 4 is 47.1 Å². The second-order valence-corrected chi connectivity index (χ2v) is 10.5. The van der Waals surface area contributed by atoms with E-state index in [-0.39, 0.29) is 69.5 Å². The number of nitrogens with two attached hydrogens (primary N) is 3. The predicted molar refractivity (Wildman–Crippen MR) is 141 cm³/mol. The molecule has 16 heteroatoms. The number of guanidine groups is 1. The Bertz CT molecular complexity index is 1110. The van der Waals surface area contributed by atoms with E-state index in [1.54, 1.807) is 11.8 Å². The summed E-state index contributed by atoms with van der Waals surface area (Å²) in [6.07, 6.45) is 2.94. The maximum atomic E-state index is 13.0. The summed E-state index contributed by atoms with van der Waals surface area (Å²) in [4.78, 5) is 51.4. The Morgan fingerprint density at radius 1 is 1.13 bits per heavy atom. The Morgan fingerprint density at radius 2 is 1.79 bits per heavy atom. The van der Waals surface area contributed by atoms with Crippen molar-refractivity contribution in [1.29, 1.82) is 0 Å². The van der Waals surface area contributed by atoms with Crippen LogP contribution in [0.3, 0.4) is 0 Å². The molecule has 216 valence electrons. The quantitative estimate of drug-likeness (QED) is 0.121. The number of quaternary nitrogens is 1. The SMILES string of the molecule is CCOC(=O)N1CCC(NC(=O)C[N+]23CCC(CC2)[C@H](N=C(N)NC(=O)c2nc(Cl)c(N)nc2N)C3)CC1.[Br-]. The molecule has 4 aliphatic heterocycles. The lowest BCUT2D eigenvalue weighted by molar-refractivity contribution is -0.936. The number of carbonyl (C=O) groups excluding carboxylic acids is 3. The lowest BCUT2D eigenvalue weighted by Gasteiger charge is -2.51. The number of nitrogens with one attached hydrogen (secondary N) is 2. The van der Waals surface area contributed by atoms with Gasteiger partial charge in [0.1, 0.15) is 12.6 Å². The van der Waals surface area contributed by atoms with Crippen molar-refractivity contribution in [3.05, 3.63) is 10.8 Å². The average Bonchev–Trinajstić information content (AvgIpc) is 2.87. The lowest BCUT2D eigenvalue weighted by Crippen LogP contribution is -3.00. The van der Waals surface area contributed by atoms with Gasteiger partial charge in [-0.2, -0.15) is 0 Å². The van der Waals surface area contributed by atoms with Crippen molar-refractivity contribution in [3.8, 4) is 0 Å². The summed E-state index contributed by atoms with van der Waals surface area (Å²) in [5.74, 6) is -0.651. The van der Waals surface area contributed by atoms with E-state index in [0.29, 0.717) is 56.0 Å². The van der Waals surface area contributed by atoms with E-state index in [4.69, 9.17) is 33.5 Å². The van der Waals surface area contributed by atoms with Crippen LogP contribution >= 0.6 is 11.6 Å². The number of amides is 3. The maximum Gasteiger partial charge on any atom is 0.409 e. The van der Waals surface area contributed by atoms with Crippen LogP contribution < -0.4 is 44.8 Å². The predicted octanol–water partition coefficient (Wildman–Crippen LogP) is -3.31. The normalized spacial score (nSPS) is 25.0. The third kappa shape index (κ3) is 7.39. The van der Waals surface area contributed by atoms with Crippen LogP contribution in [0.25, 0.3) is 0 Å². The molecule has 14 nitrogen and oxygen atoms in total. The van der Waals surface area contributed by atoms with Gasteiger partial charge in [-0.25, -0.2) is 19.8 Å². The molecule has 1 aromatic heterocycles. The summed E-state index contributed by atoms with van der Waals surface area (Å²) in [7, 11) is 0. The molecule has 1 aromatic rings. The number of nitrogen functional groups attached to an aromatic ring is 2. The van der Waals surface area contributed by atoms with Crippen LogP contribution in [0, 0.1) is 5.92 Å². The Labute approximate surface area is 242 Å². The summed E-state index contributed by atoms with van der Waals surface area (Å²) >= 11 is 5.86. The first-order valence-corrected chi connectivity index (χ1v) is 13.3. The Balaban J connectivity index is 0.00000420. The van der Waals surface area contributed by atoms with E-state index in [1.165, 1.54) is 0 Å². The lowest BCUT2D eigenvalue weighted by atomic mass is 9.82. The number of aromatic nitrogens is 2. The second kappa shape index (κ2) is 13.0. The molecule has 8 N–H and O–H groups in total. The standard InChI is InChI=1S/C23H35ClN10O4.BrH/c1-2-38-23(37)33-7-3-14(4-8-33)28-16(35)12-34-9-5-13(6-10-34)15(11-34)29-22(27)32-21(36)17-19(25)31-20(26)18(24)30-17;/h13-15H,2-12H2,1H3,(H7-,25,26,27,28,29,31,32,35,36);1H/t13?,15-,34?;/m1./s1. The molecule has 4 saturated heterocycles. The minimum absolute atomic E-state index is 0. The fourth-order valence-electron chi connectivity index (χ4n) is 5.61. The van der Waals surface area contributed by atoms with Crippen LogP contribution in [0.4, 0.5) is 16.4 Å². The molecule has 0 aromatic carbocycles. The summed E-state index contributed by atoms with van der Waals surface area (Å²) in [6, 6.07) is -0.0948. The van der Waals surface area contributed by atoms with Crippen LogP contribution in [-0.2, 0) is 9.53 Å². The zero-order valence-corrected chi connectivity index (χ0v) is 24.2. The first-order chi connectivity index (χ1) is 18.1. The third-order valence-corrected chi connectivity index (χ3v) is 7.88. The monoisotopic (exact) mass is 630 g/mol. The average molecular weight is 632 g/mol. The number of rotatable bonds is 6. The number of fused-ring (bicyclic) bond motifs is 3. The molecule has 4 aliphatic rings. The number of nitrogens with zero attached hydrogens (tertiary/aromatic N) is 5. The fourth-order valence-corrected chi connectivity index (χ4v) is 5.74. The molecule has 5 rings (SSSR count). The van der Waals surface area contributed by atoms with Gasteiger partial charge in [0.25, 0.3) is 11.8 Å². The Kier molecular flexibility index (Phi) is 10.2. The maximum absolute atomic E-state index is 13.0. The number of ether oxygens (including phenoxy) is 1. The third-order valence-electron chi connectivity index (χ3n) is 7.60. The summed E-state index contributed by atoms with van der Waals surface area (Å²) in [6.45, 7) is 6.07. The van der Waals surface area contributed by atoms with Crippen LogP contribution in [-0.4, -0.2) is 101 Å². The molecule has 0 radical (unpaired) electrons. The van der Waals surface area contributed by atoms with E-state index >= 15 is 0 Å². The second-order valence-electron chi connectivity index (χ2n) is 10.2. The summed E-state index contributed by atoms with van der Waals surface area (Å²) in [5.41, 5.74) is 17.2. The van der Waals surface area contributed by atoms with Gasteiger partial charge in [-0.3, -0.25) is 14.9 Å². The number of hydrogen-bond acceptors (Lipinski definition) is 9. The number of carbonyl (C=O) groups is 3. The van der Waals surface area contributed by atoms with Gasteiger partial charge in [0.15, 0.2) is 35.0 Å². The zero-order valence-electron chi connectivity index (χ0n) is 21.9. The summed E-state index contributed by atoms with van der Waals surface area (Å²) in [5, 5.41) is 5.52. The topological polar surface area (TPSA) is 204 Å². The molecule has 3 amide bonds. The minimum atomic E-state index is -0.684. The van der Waals surface area contributed by atoms with Crippen molar-refractivity contribution in [1.82, 2.24) is 25.5 Å². The highest BCUT2D eigenvalue weighted by molar-refractivity contribution is 6.31. The Morgan fingerprint density at radius 3 is 2.44 bits per heavy atom. The van der Waals surface area contributed by atoms with Crippen LogP contribution in [0.5, 0.6) is 0 Å². The van der Waals surface area contributed by atoms with E-state index < -0.39 is 5.91 Å². The van der Waals surface area contributed by atoms with Gasteiger partial charge in [-0.05, 0) is 25.7 Å². The number of piperidine rings is 4. The zero-order chi connectivity index (χ0) is 27.4. The molecule has 0 unspecified atom stereocenters. The molecule has 0 aliphatic carbocycles. The number of anilines is 2. The van der Waals surface area contributed by atoms with Gasteiger partial charge in [0.05, 0.1) is 19.7 Å². The van der Waals surface area contributed by atoms with Crippen molar-refractivity contribution in [2.45, 2.75) is 44.7 Å². The highest BCUT2D eigenvalue weighted by Gasteiger charge is 2.47. The van der Waals surface area contributed by atoms with Gasteiger partial charge in [0.2, 0.25) is 0 Å². The van der Waals surface area contributed by atoms with Crippen molar-refractivity contribution in [2.75, 3.05) is 57.3 Å². The number of halogens is 2. The molecule has 2 bridgehead atoms. The highest BCUT2D eigenvalue weighted by Crippen LogP contribution is 2.35. The van der Waals surface area contributed by atoms with Crippen LogP contribution in [0.15, 0.2) is 4.99 Å². The molecular formula is C23H36BrClN10O4. The number of aliphatic imine (C=N–C) groups is 1. The van der Waals surface area contributed by atoms with E-state index in [9.17, 15) is 14.4 Å². The van der Waals surface area contributed by atoms with Crippen molar-refractivity contribution in [2.24, 2.45) is 16.6 Å². The van der Waals surface area contributed by atoms with Gasteiger partial charge in [-0.1, -0.05) is 11.6 Å². The van der Waals surface area contributed by atoms with Crippen molar-refractivity contribution < 1.29 is 40.6 Å². The largest absolute Gasteiger partial charge is 1.00 e. The van der Waals surface area contributed by atoms with Gasteiger partial charge in [0, 0.05) is 32.0 Å². The molecule has 5 heterocycles. The molecule has 1 atom stereocenters. The van der Waals surface area contributed by atoms with Gasteiger partial charge < -0.3 is 53.6 Å². The van der Waals surface area contributed by atoms with Crippen LogP contribution in [0.2, 0.25) is 5.15 Å². The Hall–Kier alpha value is -2.91. The molecule has 4 fully saturated rings. The molecular weight excluding hydrogens is 596 g/mol. The molecule has 39 heavy (non-hydrogen) atoms. The van der Waals surface area contributed by atoms with Crippen LogP contribution in [0.1, 0.15) is 43.1 Å². The number of hydrogen-bond donors (Lipinski definition) is 5. The van der Waals surface area contributed by atoms with E-state index in [0.717, 1.165) is 25.9 Å². The summed E-state index contributed by atoms with van der Waals surface area (Å²) < 4.78 is 5.69. The highest BCUT2D eigenvalue weighted by atomic mass is 79.9. The fraction of sp³-hybridized carbons (Fsp3) is 0.652. The first-order valence-electron chi connectivity index (χ1n) is 12.9. The molecule has 0 spiro atoms. The first kappa shape index (κ1) is 30.6. The van der Waals surface area contributed by atoms with E-state index in [2.05, 4.69) is 25.6 Å². The minimum Gasteiger partial charge on any atom is -1.00 e.